The monoisotopic (exact) mass is 307 g/mol. The van der Waals surface area contributed by atoms with Gasteiger partial charge in [0.05, 0.1) is 6.04 Å². The van der Waals surface area contributed by atoms with Crippen LogP contribution >= 0.6 is 0 Å². The van der Waals surface area contributed by atoms with Gasteiger partial charge in [-0.25, -0.2) is 0 Å². The second-order valence-corrected chi connectivity index (χ2v) is 6.85. The van der Waals surface area contributed by atoms with Crippen LogP contribution in [0.15, 0.2) is 60.2 Å². The van der Waals surface area contributed by atoms with Crippen molar-refractivity contribution >= 4 is 5.69 Å². The first kappa shape index (κ1) is 16.1. The van der Waals surface area contributed by atoms with Gasteiger partial charge in [-0.05, 0) is 30.0 Å². The Morgan fingerprint density at radius 1 is 0.957 bits per heavy atom. The van der Waals surface area contributed by atoms with Gasteiger partial charge in [-0.2, -0.15) is 0 Å². The van der Waals surface area contributed by atoms with Gasteiger partial charge in [0.15, 0.2) is 0 Å². The van der Waals surface area contributed by atoms with Crippen LogP contribution in [-0.4, -0.2) is 6.04 Å². The van der Waals surface area contributed by atoms with Crippen LogP contribution in [0.1, 0.15) is 57.9 Å². The SMILES string of the molecule is CCCCC1(CCCC)C2=CC=CC=CC2Nc2ccccc21. The van der Waals surface area contributed by atoms with E-state index in [1.807, 2.05) is 0 Å². The normalized spacial score (nSPS) is 21.0. The van der Waals surface area contributed by atoms with Crippen LogP contribution in [0.25, 0.3) is 0 Å². The molecule has 1 aromatic carbocycles. The van der Waals surface area contributed by atoms with E-state index in [0.29, 0.717) is 6.04 Å². The van der Waals surface area contributed by atoms with E-state index in [2.05, 4.69) is 73.8 Å². The second-order valence-electron chi connectivity index (χ2n) is 6.85. The van der Waals surface area contributed by atoms with Gasteiger partial charge in [-0.3, -0.25) is 0 Å². The standard InChI is InChI=1S/C22H29N/c1-3-5-16-22(17-6-4-2)18-12-8-7-9-14-20(18)23-21-15-11-10-13-19(21)22/h7-15,20,23H,3-6,16-17H2,1-2H3. The molecule has 1 nitrogen and oxygen atoms in total. The Labute approximate surface area is 141 Å². The number of nitrogens with one attached hydrogen (secondary N) is 1. The number of benzene rings is 1. The van der Waals surface area contributed by atoms with Crippen LogP contribution < -0.4 is 5.32 Å². The summed E-state index contributed by atoms with van der Waals surface area (Å²) in [5.74, 6) is 0. The predicted octanol–water partition coefficient (Wildman–Crippen LogP) is 6.15. The lowest BCUT2D eigenvalue weighted by Gasteiger charge is -2.45. The van der Waals surface area contributed by atoms with Crippen LogP contribution in [-0.2, 0) is 5.41 Å². The van der Waals surface area contributed by atoms with Gasteiger partial charge in [0.2, 0.25) is 0 Å². The molecule has 0 aromatic heterocycles. The van der Waals surface area contributed by atoms with Crippen molar-refractivity contribution in [1.82, 2.24) is 0 Å². The zero-order valence-electron chi connectivity index (χ0n) is 14.5. The number of allylic oxidation sites excluding steroid dienone is 4. The lowest BCUT2D eigenvalue weighted by Crippen LogP contribution is -2.42. The molecule has 0 saturated heterocycles. The van der Waals surface area contributed by atoms with Crippen molar-refractivity contribution in [3.05, 3.63) is 65.8 Å². The predicted molar refractivity (Wildman–Crippen MR) is 101 cm³/mol. The minimum Gasteiger partial charge on any atom is -0.375 e. The van der Waals surface area contributed by atoms with Gasteiger partial charge in [-0.1, -0.05) is 88.1 Å². The lowest BCUT2D eigenvalue weighted by molar-refractivity contribution is 0.382. The number of hydrogen-bond acceptors (Lipinski definition) is 1. The van der Waals surface area contributed by atoms with Crippen molar-refractivity contribution in [3.8, 4) is 0 Å². The maximum Gasteiger partial charge on any atom is 0.0672 e. The van der Waals surface area contributed by atoms with Crippen LogP contribution in [0.4, 0.5) is 5.69 Å². The summed E-state index contributed by atoms with van der Waals surface area (Å²) in [7, 11) is 0. The van der Waals surface area contributed by atoms with Crippen molar-refractivity contribution in [3.63, 3.8) is 0 Å². The fourth-order valence-corrected chi connectivity index (χ4v) is 4.18. The zero-order chi connectivity index (χ0) is 16.1. The number of para-hydroxylation sites is 1. The molecule has 0 bridgehead atoms. The van der Waals surface area contributed by atoms with Gasteiger partial charge in [0.1, 0.15) is 0 Å². The molecule has 1 heterocycles. The molecular formula is C22H29N. The molecule has 1 heteroatoms. The summed E-state index contributed by atoms with van der Waals surface area (Å²) in [5.41, 5.74) is 4.59. The van der Waals surface area contributed by atoms with Crippen LogP contribution in [0.3, 0.4) is 0 Å². The van der Waals surface area contributed by atoms with Crippen LogP contribution in [0, 0.1) is 0 Å². The highest BCUT2D eigenvalue weighted by Gasteiger charge is 2.42. The van der Waals surface area contributed by atoms with E-state index in [4.69, 9.17) is 0 Å². The molecule has 0 amide bonds. The minimum atomic E-state index is 0.192. The minimum absolute atomic E-state index is 0.192. The Bertz CT molecular complexity index is 613. The Morgan fingerprint density at radius 2 is 1.70 bits per heavy atom. The van der Waals surface area contributed by atoms with E-state index in [0.717, 1.165) is 0 Å². The molecule has 1 aromatic rings. The van der Waals surface area contributed by atoms with Gasteiger partial charge in [0.25, 0.3) is 0 Å². The molecule has 2 aliphatic rings. The summed E-state index contributed by atoms with van der Waals surface area (Å²) in [6.07, 6.45) is 18.8. The quantitative estimate of drug-likeness (QED) is 0.664. The molecule has 23 heavy (non-hydrogen) atoms. The molecule has 0 saturated carbocycles. The Morgan fingerprint density at radius 3 is 2.43 bits per heavy atom. The summed E-state index contributed by atoms with van der Waals surface area (Å²) in [6.45, 7) is 4.61. The van der Waals surface area contributed by atoms with E-state index < -0.39 is 0 Å². The summed E-state index contributed by atoms with van der Waals surface area (Å²) >= 11 is 0. The molecular weight excluding hydrogens is 278 g/mol. The van der Waals surface area contributed by atoms with E-state index in [9.17, 15) is 0 Å². The van der Waals surface area contributed by atoms with Crippen LogP contribution in [0.5, 0.6) is 0 Å². The molecule has 1 aliphatic carbocycles. The number of anilines is 1. The summed E-state index contributed by atoms with van der Waals surface area (Å²) in [6, 6.07) is 9.29. The van der Waals surface area contributed by atoms with Gasteiger partial charge >= 0.3 is 0 Å². The van der Waals surface area contributed by atoms with Crippen LogP contribution in [0.2, 0.25) is 0 Å². The Balaban J connectivity index is 2.14. The van der Waals surface area contributed by atoms with Gasteiger partial charge in [0, 0.05) is 11.1 Å². The maximum atomic E-state index is 3.75. The number of unbranched alkanes of at least 4 members (excludes halogenated alkanes) is 2. The lowest BCUT2D eigenvalue weighted by atomic mass is 9.63. The third-order valence-electron chi connectivity index (χ3n) is 5.36. The highest BCUT2D eigenvalue weighted by Crippen LogP contribution is 2.50. The molecule has 1 unspecified atom stereocenters. The molecule has 0 fully saturated rings. The molecule has 1 aliphatic heterocycles. The highest BCUT2D eigenvalue weighted by atomic mass is 14.9. The molecule has 1 N–H and O–H groups in total. The third kappa shape index (κ3) is 3.02. The maximum absolute atomic E-state index is 3.75. The third-order valence-corrected chi connectivity index (χ3v) is 5.36. The smallest absolute Gasteiger partial charge is 0.0672 e. The Hall–Kier alpha value is -1.76. The van der Waals surface area contributed by atoms with Gasteiger partial charge < -0.3 is 5.32 Å². The average molecular weight is 307 g/mol. The summed E-state index contributed by atoms with van der Waals surface area (Å²) < 4.78 is 0. The molecule has 122 valence electrons. The number of rotatable bonds is 6. The second kappa shape index (κ2) is 7.21. The molecule has 3 rings (SSSR count). The van der Waals surface area contributed by atoms with E-state index in [1.54, 1.807) is 5.57 Å². The van der Waals surface area contributed by atoms with Crippen molar-refractivity contribution in [2.24, 2.45) is 0 Å². The summed E-state index contributed by atoms with van der Waals surface area (Å²) in [4.78, 5) is 0. The van der Waals surface area contributed by atoms with E-state index in [-0.39, 0.29) is 5.41 Å². The van der Waals surface area contributed by atoms with Crippen molar-refractivity contribution in [2.75, 3.05) is 5.32 Å². The Kier molecular flexibility index (Phi) is 5.05. The van der Waals surface area contributed by atoms with Crippen molar-refractivity contribution < 1.29 is 0 Å². The molecule has 1 atom stereocenters. The first-order valence-electron chi connectivity index (χ1n) is 9.23. The number of fused-ring (bicyclic) bond motifs is 2. The fourth-order valence-electron chi connectivity index (χ4n) is 4.18. The van der Waals surface area contributed by atoms with Crippen molar-refractivity contribution in [1.29, 1.82) is 0 Å². The number of hydrogen-bond donors (Lipinski definition) is 1. The first-order chi connectivity index (χ1) is 11.3. The zero-order valence-corrected chi connectivity index (χ0v) is 14.5. The first-order valence-corrected chi connectivity index (χ1v) is 9.23. The molecule has 0 spiro atoms. The fraction of sp³-hybridized carbons (Fsp3) is 0.455. The van der Waals surface area contributed by atoms with Crippen molar-refractivity contribution in [2.45, 2.75) is 63.8 Å². The van der Waals surface area contributed by atoms with Gasteiger partial charge in [-0.15, -0.1) is 0 Å². The summed E-state index contributed by atoms with van der Waals surface area (Å²) in [5, 5.41) is 3.75. The highest BCUT2D eigenvalue weighted by molar-refractivity contribution is 5.66. The van der Waals surface area contributed by atoms with E-state index in [1.165, 1.54) is 49.8 Å². The largest absolute Gasteiger partial charge is 0.375 e. The molecule has 0 radical (unpaired) electrons. The topological polar surface area (TPSA) is 12.0 Å². The van der Waals surface area contributed by atoms with E-state index >= 15 is 0 Å². The average Bonchev–Trinajstić information content (AvgIpc) is 2.83.